The van der Waals surface area contributed by atoms with E-state index in [4.69, 9.17) is 0 Å². The van der Waals surface area contributed by atoms with Gasteiger partial charge in [-0.15, -0.1) is 0 Å². The Hall–Kier alpha value is -2.82. The average molecular weight is 363 g/mol. The van der Waals surface area contributed by atoms with E-state index >= 15 is 0 Å². The van der Waals surface area contributed by atoms with Crippen molar-refractivity contribution in [2.24, 2.45) is 0 Å². The molecule has 2 aromatic rings. The molecule has 1 heterocycles. The van der Waals surface area contributed by atoms with Crippen LogP contribution in [0.25, 0.3) is 0 Å². The van der Waals surface area contributed by atoms with Gasteiger partial charge in [-0.2, -0.15) is 0 Å². The number of amides is 3. The zero-order valence-electron chi connectivity index (χ0n) is 15.4. The number of nitrogens with one attached hydrogen (secondary N) is 2. The van der Waals surface area contributed by atoms with Crippen molar-refractivity contribution in [3.8, 4) is 0 Å². The summed E-state index contributed by atoms with van der Waals surface area (Å²) in [7, 11) is 0. The number of carbonyl (C=O) groups excluding carboxylic acids is 2. The Morgan fingerprint density at radius 3 is 2.37 bits per heavy atom. The number of urea groups is 1. The Labute approximate surface area is 159 Å². The van der Waals surface area contributed by atoms with Crippen LogP contribution in [-0.4, -0.2) is 31.6 Å². The Bertz CT molecular complexity index is 811. The van der Waals surface area contributed by atoms with Crippen LogP contribution in [0.2, 0.25) is 0 Å². The second-order valence-electron chi connectivity index (χ2n) is 7.47. The molecule has 140 valence electrons. The topological polar surface area (TPSA) is 61.4 Å². The maximum Gasteiger partial charge on any atom is 0.321 e. The number of benzene rings is 2. The normalized spacial score (nSPS) is 18.4. The summed E-state index contributed by atoms with van der Waals surface area (Å²) in [5.41, 5.74) is 2.81. The van der Waals surface area contributed by atoms with E-state index < -0.39 is 0 Å². The third-order valence-electron chi connectivity index (χ3n) is 5.83. The van der Waals surface area contributed by atoms with Gasteiger partial charge in [-0.1, -0.05) is 43.2 Å². The minimum Gasteiger partial charge on any atom is -0.351 e. The third kappa shape index (κ3) is 3.54. The predicted octanol–water partition coefficient (Wildman–Crippen LogP) is 3.46. The van der Waals surface area contributed by atoms with Crippen molar-refractivity contribution >= 4 is 17.6 Å². The summed E-state index contributed by atoms with van der Waals surface area (Å²) in [6.07, 6.45) is 4.63. The number of nitrogens with zero attached hydrogens (tertiary/aromatic N) is 1. The summed E-state index contributed by atoms with van der Waals surface area (Å²) < 4.78 is 0. The molecule has 27 heavy (non-hydrogen) atoms. The highest BCUT2D eigenvalue weighted by Gasteiger charge is 2.35. The van der Waals surface area contributed by atoms with E-state index in [0.717, 1.165) is 18.5 Å². The van der Waals surface area contributed by atoms with Gasteiger partial charge in [0.2, 0.25) is 0 Å². The number of hydrogen-bond acceptors (Lipinski definition) is 2. The van der Waals surface area contributed by atoms with E-state index in [9.17, 15) is 9.59 Å². The molecule has 1 aliphatic carbocycles. The molecule has 0 bridgehead atoms. The molecular weight excluding hydrogens is 338 g/mol. The van der Waals surface area contributed by atoms with Gasteiger partial charge in [0.15, 0.2) is 0 Å². The SMILES string of the molecule is O=C(NCC1(c2ccccc2)CCCC1)c1ccc(N2CCNC2=O)cc1. The summed E-state index contributed by atoms with van der Waals surface area (Å²) >= 11 is 0. The largest absolute Gasteiger partial charge is 0.351 e. The number of rotatable bonds is 5. The standard InChI is InChI=1S/C22H25N3O2/c26-20(17-8-10-19(11-9-17)25-15-14-23-21(25)27)24-16-22(12-4-5-13-22)18-6-2-1-3-7-18/h1-3,6-11H,4-5,12-16H2,(H,23,27)(H,24,26). The molecule has 0 radical (unpaired) electrons. The molecule has 4 rings (SSSR count). The molecule has 0 spiro atoms. The molecule has 2 aromatic carbocycles. The van der Waals surface area contributed by atoms with Crippen molar-refractivity contribution in [2.75, 3.05) is 24.5 Å². The summed E-state index contributed by atoms with van der Waals surface area (Å²) in [5.74, 6) is -0.0605. The van der Waals surface area contributed by atoms with Gasteiger partial charge in [-0.3, -0.25) is 9.69 Å². The minimum atomic E-state index is -0.0850. The van der Waals surface area contributed by atoms with Gasteiger partial charge in [0, 0.05) is 36.3 Å². The summed E-state index contributed by atoms with van der Waals surface area (Å²) in [6, 6.07) is 17.7. The molecule has 0 aromatic heterocycles. The monoisotopic (exact) mass is 363 g/mol. The van der Waals surface area contributed by atoms with Gasteiger partial charge < -0.3 is 10.6 Å². The van der Waals surface area contributed by atoms with Crippen molar-refractivity contribution in [3.63, 3.8) is 0 Å². The van der Waals surface area contributed by atoms with E-state index in [0.29, 0.717) is 25.2 Å². The lowest BCUT2D eigenvalue weighted by atomic mass is 9.79. The Balaban J connectivity index is 1.43. The van der Waals surface area contributed by atoms with E-state index in [2.05, 4.69) is 34.9 Å². The molecule has 2 N–H and O–H groups in total. The third-order valence-corrected chi connectivity index (χ3v) is 5.83. The summed E-state index contributed by atoms with van der Waals surface area (Å²) in [5, 5.41) is 5.93. The molecule has 2 fully saturated rings. The molecule has 3 amide bonds. The van der Waals surface area contributed by atoms with Gasteiger partial charge in [0.05, 0.1) is 0 Å². The smallest absolute Gasteiger partial charge is 0.321 e. The van der Waals surface area contributed by atoms with Crippen molar-refractivity contribution < 1.29 is 9.59 Å². The van der Waals surface area contributed by atoms with Crippen molar-refractivity contribution in [2.45, 2.75) is 31.1 Å². The Kier molecular flexibility index (Phi) is 4.84. The van der Waals surface area contributed by atoms with Crippen LogP contribution in [-0.2, 0) is 5.41 Å². The zero-order valence-corrected chi connectivity index (χ0v) is 15.4. The van der Waals surface area contributed by atoms with Gasteiger partial charge in [0.1, 0.15) is 0 Å². The number of anilines is 1. The van der Waals surface area contributed by atoms with E-state index in [1.165, 1.54) is 18.4 Å². The first-order valence-corrected chi connectivity index (χ1v) is 9.67. The fraction of sp³-hybridized carbons (Fsp3) is 0.364. The maximum atomic E-state index is 12.7. The first-order valence-electron chi connectivity index (χ1n) is 9.67. The van der Waals surface area contributed by atoms with E-state index in [1.807, 2.05) is 18.2 Å². The first kappa shape index (κ1) is 17.6. The lowest BCUT2D eigenvalue weighted by Gasteiger charge is -2.30. The summed E-state index contributed by atoms with van der Waals surface area (Å²) in [4.78, 5) is 26.1. The van der Waals surface area contributed by atoms with Gasteiger partial charge in [-0.05, 0) is 42.7 Å². The van der Waals surface area contributed by atoms with Crippen LogP contribution in [0.4, 0.5) is 10.5 Å². The minimum absolute atomic E-state index is 0.0461. The van der Waals surface area contributed by atoms with Crippen LogP contribution in [0, 0.1) is 0 Å². The Morgan fingerprint density at radius 1 is 1.04 bits per heavy atom. The highest BCUT2D eigenvalue weighted by molar-refractivity contribution is 5.97. The molecule has 2 aliphatic rings. The molecule has 1 aliphatic heterocycles. The van der Waals surface area contributed by atoms with E-state index in [1.54, 1.807) is 17.0 Å². The van der Waals surface area contributed by atoms with Crippen molar-refractivity contribution in [3.05, 3.63) is 65.7 Å². The van der Waals surface area contributed by atoms with Gasteiger partial charge in [0.25, 0.3) is 5.91 Å². The van der Waals surface area contributed by atoms with Gasteiger partial charge >= 0.3 is 6.03 Å². The Morgan fingerprint density at radius 2 is 1.74 bits per heavy atom. The summed E-state index contributed by atoms with van der Waals surface area (Å²) in [6.45, 7) is 1.97. The van der Waals surface area contributed by atoms with Crippen LogP contribution < -0.4 is 15.5 Å². The quantitative estimate of drug-likeness (QED) is 0.855. The van der Waals surface area contributed by atoms with Crippen LogP contribution in [0.1, 0.15) is 41.6 Å². The van der Waals surface area contributed by atoms with Crippen LogP contribution in [0.15, 0.2) is 54.6 Å². The maximum absolute atomic E-state index is 12.7. The van der Waals surface area contributed by atoms with Crippen LogP contribution in [0.3, 0.4) is 0 Å². The fourth-order valence-electron chi connectivity index (χ4n) is 4.27. The van der Waals surface area contributed by atoms with Crippen LogP contribution in [0.5, 0.6) is 0 Å². The lowest BCUT2D eigenvalue weighted by molar-refractivity contribution is 0.0943. The molecule has 5 nitrogen and oxygen atoms in total. The second kappa shape index (κ2) is 7.43. The highest BCUT2D eigenvalue weighted by atomic mass is 16.2. The predicted molar refractivity (Wildman–Crippen MR) is 106 cm³/mol. The highest BCUT2D eigenvalue weighted by Crippen LogP contribution is 2.40. The van der Waals surface area contributed by atoms with Gasteiger partial charge in [-0.25, -0.2) is 4.79 Å². The average Bonchev–Trinajstić information content (AvgIpc) is 3.37. The molecule has 1 saturated carbocycles. The molecule has 0 atom stereocenters. The second-order valence-corrected chi connectivity index (χ2v) is 7.47. The van der Waals surface area contributed by atoms with Crippen LogP contribution >= 0.6 is 0 Å². The molecular formula is C22H25N3O2. The number of hydrogen-bond donors (Lipinski definition) is 2. The fourth-order valence-corrected chi connectivity index (χ4v) is 4.27. The first-order chi connectivity index (χ1) is 13.2. The van der Waals surface area contributed by atoms with Crippen molar-refractivity contribution in [1.82, 2.24) is 10.6 Å². The molecule has 1 saturated heterocycles. The van der Waals surface area contributed by atoms with E-state index in [-0.39, 0.29) is 17.4 Å². The molecule has 0 unspecified atom stereocenters. The zero-order chi connectivity index (χ0) is 18.7. The molecule has 5 heteroatoms. The number of carbonyl (C=O) groups is 2. The lowest BCUT2D eigenvalue weighted by Crippen LogP contribution is -2.39. The van der Waals surface area contributed by atoms with Crippen molar-refractivity contribution in [1.29, 1.82) is 0 Å².